The second-order valence-corrected chi connectivity index (χ2v) is 9.61. The van der Waals surface area contributed by atoms with E-state index in [0.717, 1.165) is 41.5 Å². The maximum absolute atomic E-state index is 13.3. The average Bonchev–Trinajstić information content (AvgIpc) is 3.16. The van der Waals surface area contributed by atoms with Crippen molar-refractivity contribution >= 4 is 38.3 Å². The van der Waals surface area contributed by atoms with Crippen LogP contribution in [0.2, 0.25) is 0 Å². The molecule has 0 spiro atoms. The summed E-state index contributed by atoms with van der Waals surface area (Å²) in [5.74, 6) is 0.691. The van der Waals surface area contributed by atoms with Crippen LogP contribution in [0.1, 0.15) is 19.3 Å². The van der Waals surface area contributed by atoms with Crippen LogP contribution < -0.4 is 4.90 Å². The van der Waals surface area contributed by atoms with E-state index in [1.54, 1.807) is 30.3 Å². The first-order valence-electron chi connectivity index (χ1n) is 8.87. The number of halogens is 1. The third kappa shape index (κ3) is 3.75. The molecule has 2 aromatic carbocycles. The fraction of sp³-hybridized carbons (Fsp3) is 0.250. The summed E-state index contributed by atoms with van der Waals surface area (Å²) in [6.07, 6.45) is 3.18. The molecule has 3 aromatic rings. The minimum atomic E-state index is -3.76. The SMILES string of the molecule is O=S(=O)(c1ccccc1)c1nc(-c2cccc(I)c2)oc1N1CCCCC1. The Hall–Kier alpha value is -1.87. The van der Waals surface area contributed by atoms with Gasteiger partial charge in [0.1, 0.15) is 0 Å². The predicted octanol–water partition coefficient (Wildman–Crippen LogP) is 4.77. The number of nitrogens with zero attached hydrogens (tertiary/aromatic N) is 2. The summed E-state index contributed by atoms with van der Waals surface area (Å²) >= 11 is 2.22. The van der Waals surface area contributed by atoms with Crippen LogP contribution in [0.15, 0.2) is 68.9 Å². The third-order valence-corrected chi connectivity index (χ3v) is 6.94. The minimum absolute atomic E-state index is 0.00413. The van der Waals surface area contributed by atoms with Gasteiger partial charge in [-0.1, -0.05) is 24.3 Å². The zero-order valence-corrected chi connectivity index (χ0v) is 17.6. The first kappa shape index (κ1) is 18.5. The molecule has 2 heterocycles. The molecule has 0 radical (unpaired) electrons. The van der Waals surface area contributed by atoms with E-state index in [1.807, 2.05) is 29.2 Å². The lowest BCUT2D eigenvalue weighted by molar-refractivity contribution is 0.499. The van der Waals surface area contributed by atoms with Crippen molar-refractivity contribution < 1.29 is 12.8 Å². The Bertz CT molecular complexity index is 1040. The molecule has 0 aliphatic carbocycles. The van der Waals surface area contributed by atoms with Crippen LogP contribution in [0.4, 0.5) is 5.88 Å². The molecule has 0 atom stereocenters. The quantitative estimate of drug-likeness (QED) is 0.489. The number of hydrogen-bond donors (Lipinski definition) is 0. The van der Waals surface area contributed by atoms with Crippen LogP contribution in [0.25, 0.3) is 11.5 Å². The molecule has 1 aromatic heterocycles. The molecule has 0 bridgehead atoms. The normalized spacial score (nSPS) is 15.1. The zero-order chi connectivity index (χ0) is 18.9. The molecule has 7 heteroatoms. The Balaban J connectivity index is 1.86. The maximum atomic E-state index is 13.3. The zero-order valence-electron chi connectivity index (χ0n) is 14.6. The van der Waals surface area contributed by atoms with Crippen molar-refractivity contribution in [3.8, 4) is 11.5 Å². The van der Waals surface area contributed by atoms with E-state index in [0.29, 0.717) is 11.8 Å². The molecule has 0 saturated carbocycles. The summed E-state index contributed by atoms with van der Waals surface area (Å²) in [6, 6.07) is 16.1. The number of hydrogen-bond acceptors (Lipinski definition) is 5. The monoisotopic (exact) mass is 494 g/mol. The standard InChI is InChI=1S/C20H19IN2O3S/c21-16-9-7-8-15(14-16)18-22-19(20(26-18)23-12-5-2-6-13-23)27(24,25)17-10-3-1-4-11-17/h1,3-4,7-11,14H,2,5-6,12-13H2. The van der Waals surface area contributed by atoms with Crippen LogP contribution in [-0.2, 0) is 9.84 Å². The molecule has 27 heavy (non-hydrogen) atoms. The van der Waals surface area contributed by atoms with Crippen LogP contribution >= 0.6 is 22.6 Å². The van der Waals surface area contributed by atoms with Gasteiger partial charge < -0.3 is 9.32 Å². The smallest absolute Gasteiger partial charge is 0.236 e. The van der Waals surface area contributed by atoms with Gasteiger partial charge in [0.15, 0.2) is 0 Å². The number of sulfone groups is 1. The highest BCUT2D eigenvalue weighted by Crippen LogP contribution is 2.36. The second kappa shape index (κ2) is 7.63. The van der Waals surface area contributed by atoms with Gasteiger partial charge in [-0.15, -0.1) is 0 Å². The topological polar surface area (TPSA) is 63.4 Å². The third-order valence-electron chi connectivity index (χ3n) is 4.60. The van der Waals surface area contributed by atoms with Crippen LogP contribution in [0, 0.1) is 3.57 Å². The van der Waals surface area contributed by atoms with Gasteiger partial charge in [0, 0.05) is 22.2 Å². The van der Waals surface area contributed by atoms with Crippen molar-refractivity contribution in [1.29, 1.82) is 0 Å². The van der Waals surface area contributed by atoms with Crippen LogP contribution in [-0.4, -0.2) is 26.5 Å². The summed E-state index contributed by atoms with van der Waals surface area (Å²) < 4.78 is 33.6. The molecule has 1 fully saturated rings. The fourth-order valence-electron chi connectivity index (χ4n) is 3.23. The van der Waals surface area contributed by atoms with Crippen molar-refractivity contribution in [1.82, 2.24) is 4.98 Å². The molecule has 1 saturated heterocycles. The summed E-state index contributed by atoms with van der Waals surface area (Å²) in [6.45, 7) is 1.55. The highest BCUT2D eigenvalue weighted by atomic mass is 127. The van der Waals surface area contributed by atoms with Gasteiger partial charge in [-0.05, 0) is 72.2 Å². The van der Waals surface area contributed by atoms with Gasteiger partial charge in [0.2, 0.25) is 26.6 Å². The first-order valence-corrected chi connectivity index (χ1v) is 11.4. The van der Waals surface area contributed by atoms with E-state index in [4.69, 9.17) is 4.42 Å². The molecule has 5 nitrogen and oxygen atoms in total. The summed E-state index contributed by atoms with van der Waals surface area (Å²) in [5.41, 5.74) is 0.773. The van der Waals surface area contributed by atoms with Gasteiger partial charge in [-0.2, -0.15) is 4.98 Å². The van der Waals surface area contributed by atoms with Crippen molar-refractivity contribution in [2.24, 2.45) is 0 Å². The fourth-order valence-corrected chi connectivity index (χ4v) is 5.11. The predicted molar refractivity (Wildman–Crippen MR) is 113 cm³/mol. The van der Waals surface area contributed by atoms with E-state index in [1.165, 1.54) is 0 Å². The highest BCUT2D eigenvalue weighted by molar-refractivity contribution is 14.1. The molecule has 140 valence electrons. The van der Waals surface area contributed by atoms with Crippen molar-refractivity contribution in [3.63, 3.8) is 0 Å². The number of piperidine rings is 1. The number of oxazole rings is 1. The first-order chi connectivity index (χ1) is 13.1. The molecule has 0 unspecified atom stereocenters. The lowest BCUT2D eigenvalue weighted by atomic mass is 10.1. The maximum Gasteiger partial charge on any atom is 0.236 e. The number of anilines is 1. The van der Waals surface area contributed by atoms with Gasteiger partial charge in [0.25, 0.3) is 0 Å². The molecule has 0 N–H and O–H groups in total. The van der Waals surface area contributed by atoms with E-state index in [2.05, 4.69) is 27.6 Å². The number of aromatic nitrogens is 1. The van der Waals surface area contributed by atoms with Gasteiger partial charge in [-0.3, -0.25) is 0 Å². The van der Waals surface area contributed by atoms with Crippen molar-refractivity contribution in [2.75, 3.05) is 18.0 Å². The summed E-state index contributed by atoms with van der Waals surface area (Å²) in [7, 11) is -3.76. The highest BCUT2D eigenvalue weighted by Gasteiger charge is 2.31. The Labute approximate surface area is 172 Å². The molecule has 4 rings (SSSR count). The van der Waals surface area contributed by atoms with Crippen molar-refractivity contribution in [2.45, 2.75) is 29.2 Å². The molecule has 1 aliphatic heterocycles. The number of rotatable bonds is 4. The Morgan fingerprint density at radius 1 is 0.963 bits per heavy atom. The minimum Gasteiger partial charge on any atom is -0.419 e. The van der Waals surface area contributed by atoms with E-state index in [-0.39, 0.29) is 9.92 Å². The largest absolute Gasteiger partial charge is 0.419 e. The van der Waals surface area contributed by atoms with Crippen molar-refractivity contribution in [3.05, 3.63) is 58.2 Å². The molecule has 0 amide bonds. The molecule has 1 aliphatic rings. The molecular formula is C20H19IN2O3S. The van der Waals surface area contributed by atoms with Gasteiger partial charge >= 0.3 is 0 Å². The summed E-state index contributed by atoms with van der Waals surface area (Å²) in [5, 5.41) is 0.00413. The van der Waals surface area contributed by atoms with Crippen LogP contribution in [0.5, 0.6) is 0 Å². The second-order valence-electron chi connectivity index (χ2n) is 6.50. The summed E-state index contributed by atoms with van der Waals surface area (Å²) in [4.78, 5) is 6.68. The number of benzene rings is 2. The van der Waals surface area contributed by atoms with E-state index < -0.39 is 9.84 Å². The van der Waals surface area contributed by atoms with Gasteiger partial charge in [0.05, 0.1) is 4.90 Å². The Morgan fingerprint density at radius 3 is 2.41 bits per heavy atom. The van der Waals surface area contributed by atoms with E-state index >= 15 is 0 Å². The average molecular weight is 494 g/mol. The van der Waals surface area contributed by atoms with Crippen LogP contribution in [0.3, 0.4) is 0 Å². The lowest BCUT2D eigenvalue weighted by Crippen LogP contribution is -2.30. The lowest BCUT2D eigenvalue weighted by Gasteiger charge is -2.26. The molecular weight excluding hydrogens is 475 g/mol. The van der Waals surface area contributed by atoms with E-state index in [9.17, 15) is 8.42 Å². The Morgan fingerprint density at radius 2 is 1.70 bits per heavy atom. The Kier molecular flexibility index (Phi) is 5.23. The van der Waals surface area contributed by atoms with Gasteiger partial charge in [-0.25, -0.2) is 8.42 Å².